The molecule has 0 bridgehead atoms. The van der Waals surface area contributed by atoms with Gasteiger partial charge in [0, 0.05) is 13.1 Å². The zero-order chi connectivity index (χ0) is 25.9. The minimum absolute atomic E-state index is 0.0516. The van der Waals surface area contributed by atoms with Crippen LogP contribution in [0.15, 0.2) is 52.4 Å². The van der Waals surface area contributed by atoms with Gasteiger partial charge in [-0.25, -0.2) is 8.42 Å². The van der Waals surface area contributed by atoms with Crippen LogP contribution >= 0.6 is 11.3 Å². The molecule has 1 amide bonds. The van der Waals surface area contributed by atoms with Crippen LogP contribution in [-0.4, -0.2) is 48.9 Å². The first kappa shape index (κ1) is 26.2. The summed E-state index contributed by atoms with van der Waals surface area (Å²) in [5.74, 6) is -1.33. The summed E-state index contributed by atoms with van der Waals surface area (Å²) in [5.41, 5.74) is 2.93. The molecule has 0 N–H and O–H groups in total. The number of hydrogen-bond acceptors (Lipinski definition) is 6. The Labute approximate surface area is 215 Å². The van der Waals surface area contributed by atoms with Gasteiger partial charge >= 0.3 is 5.97 Å². The van der Waals surface area contributed by atoms with Crippen molar-refractivity contribution in [2.75, 3.05) is 19.7 Å². The van der Waals surface area contributed by atoms with Gasteiger partial charge < -0.3 is 9.30 Å². The number of rotatable bonds is 7. The Morgan fingerprint density at radius 1 is 1.14 bits per heavy atom. The van der Waals surface area contributed by atoms with Crippen LogP contribution in [0.25, 0.3) is 10.2 Å². The summed E-state index contributed by atoms with van der Waals surface area (Å²) >= 11 is 1.35. The Hall–Kier alpha value is -2.82. The average Bonchev–Trinajstić information content (AvgIpc) is 3.20. The molecular weight excluding hydrogens is 498 g/mol. The SMILES string of the molecule is CCOC(=O)Cn1c(=NC(=O)C2CCCN(S(=O)(=O)c3ccc(C)cc3)C2)sc2cc(CC)ccc21. The number of amides is 1. The molecule has 1 atom stereocenters. The van der Waals surface area contributed by atoms with E-state index >= 15 is 0 Å². The molecule has 2 aromatic carbocycles. The van der Waals surface area contributed by atoms with Crippen molar-refractivity contribution in [3.8, 4) is 0 Å². The predicted octanol–water partition coefficient (Wildman–Crippen LogP) is 3.66. The second-order valence-electron chi connectivity index (χ2n) is 8.90. The van der Waals surface area contributed by atoms with Gasteiger partial charge in [0.15, 0.2) is 4.80 Å². The summed E-state index contributed by atoms with van der Waals surface area (Å²) in [6.45, 7) is 6.38. The van der Waals surface area contributed by atoms with Crippen molar-refractivity contribution in [2.24, 2.45) is 10.9 Å². The standard InChI is InChI=1S/C26H31N3O5S2/c1-4-19-10-13-22-23(15-19)35-26(29(22)17-24(30)34-5-2)27-25(31)20-7-6-14-28(16-20)36(32,33)21-11-8-18(3)9-12-21/h8-13,15,20H,4-7,14,16-17H2,1-3H3. The van der Waals surface area contributed by atoms with E-state index in [2.05, 4.69) is 11.9 Å². The van der Waals surface area contributed by atoms with Crippen LogP contribution in [-0.2, 0) is 37.3 Å². The van der Waals surface area contributed by atoms with Crippen molar-refractivity contribution in [3.63, 3.8) is 0 Å². The highest BCUT2D eigenvalue weighted by atomic mass is 32.2. The lowest BCUT2D eigenvalue weighted by Crippen LogP contribution is -2.42. The van der Waals surface area contributed by atoms with E-state index in [-0.39, 0.29) is 30.5 Å². The number of carbonyl (C=O) groups is 2. The number of aromatic nitrogens is 1. The lowest BCUT2D eigenvalue weighted by molar-refractivity contribution is -0.143. The number of carbonyl (C=O) groups excluding carboxylic acids is 2. The topological polar surface area (TPSA) is 98.0 Å². The number of nitrogens with zero attached hydrogens (tertiary/aromatic N) is 3. The van der Waals surface area contributed by atoms with Crippen LogP contribution in [0.2, 0.25) is 0 Å². The molecule has 1 aliphatic rings. The van der Waals surface area contributed by atoms with Crippen LogP contribution < -0.4 is 4.80 Å². The molecule has 36 heavy (non-hydrogen) atoms. The minimum Gasteiger partial charge on any atom is -0.465 e. The molecule has 8 nitrogen and oxygen atoms in total. The van der Waals surface area contributed by atoms with Gasteiger partial charge in [-0.15, -0.1) is 0 Å². The highest BCUT2D eigenvalue weighted by Crippen LogP contribution is 2.25. The second-order valence-corrected chi connectivity index (χ2v) is 11.8. The maximum atomic E-state index is 13.3. The summed E-state index contributed by atoms with van der Waals surface area (Å²) in [5, 5.41) is 0. The molecular formula is C26H31N3O5S2. The number of ether oxygens (including phenoxy) is 1. The Balaban J connectivity index is 1.64. The van der Waals surface area contributed by atoms with Crippen LogP contribution in [0.5, 0.6) is 0 Å². The van der Waals surface area contributed by atoms with E-state index in [0.29, 0.717) is 24.2 Å². The number of hydrogen-bond donors (Lipinski definition) is 0. The van der Waals surface area contributed by atoms with Crippen molar-refractivity contribution in [2.45, 2.75) is 51.5 Å². The monoisotopic (exact) mass is 529 g/mol. The fourth-order valence-corrected chi connectivity index (χ4v) is 6.94. The molecule has 0 aliphatic carbocycles. The minimum atomic E-state index is -3.70. The van der Waals surface area contributed by atoms with E-state index in [1.807, 2.05) is 25.1 Å². The van der Waals surface area contributed by atoms with Crippen molar-refractivity contribution in [1.82, 2.24) is 8.87 Å². The first-order valence-corrected chi connectivity index (χ1v) is 14.4. The smallest absolute Gasteiger partial charge is 0.326 e. The largest absolute Gasteiger partial charge is 0.465 e. The van der Waals surface area contributed by atoms with E-state index in [4.69, 9.17) is 4.74 Å². The van der Waals surface area contributed by atoms with Crippen molar-refractivity contribution < 1.29 is 22.7 Å². The van der Waals surface area contributed by atoms with E-state index < -0.39 is 21.9 Å². The summed E-state index contributed by atoms with van der Waals surface area (Å²) in [6.07, 6.45) is 2.00. The lowest BCUT2D eigenvalue weighted by Gasteiger charge is -2.30. The summed E-state index contributed by atoms with van der Waals surface area (Å²) < 4.78 is 35.5. The number of piperidine rings is 1. The molecule has 0 spiro atoms. The van der Waals surface area contributed by atoms with E-state index in [1.165, 1.54) is 15.6 Å². The van der Waals surface area contributed by atoms with Crippen LogP contribution in [0, 0.1) is 12.8 Å². The molecule has 0 radical (unpaired) electrons. The van der Waals surface area contributed by atoms with Gasteiger partial charge in [0.25, 0.3) is 5.91 Å². The predicted molar refractivity (Wildman–Crippen MR) is 139 cm³/mol. The maximum absolute atomic E-state index is 13.3. The molecule has 3 aromatic rings. The van der Waals surface area contributed by atoms with Crippen molar-refractivity contribution >= 4 is 43.5 Å². The molecule has 192 valence electrons. The highest BCUT2D eigenvalue weighted by Gasteiger charge is 2.33. The zero-order valence-corrected chi connectivity index (χ0v) is 22.4. The molecule has 1 saturated heterocycles. The fraction of sp³-hybridized carbons (Fsp3) is 0.423. The van der Waals surface area contributed by atoms with Gasteiger partial charge in [0.2, 0.25) is 10.0 Å². The van der Waals surface area contributed by atoms with Gasteiger partial charge in [-0.05, 0) is 62.9 Å². The number of aryl methyl sites for hydroxylation is 2. The average molecular weight is 530 g/mol. The second kappa shape index (κ2) is 11.1. The quantitative estimate of drug-likeness (QED) is 0.435. The number of esters is 1. The summed E-state index contributed by atoms with van der Waals surface area (Å²) in [4.78, 5) is 30.6. The zero-order valence-electron chi connectivity index (χ0n) is 20.8. The van der Waals surface area contributed by atoms with Crippen LogP contribution in [0.4, 0.5) is 0 Å². The molecule has 1 aromatic heterocycles. The van der Waals surface area contributed by atoms with E-state index in [0.717, 1.165) is 27.8 Å². The van der Waals surface area contributed by atoms with Crippen LogP contribution in [0.3, 0.4) is 0 Å². The number of sulfonamides is 1. The molecule has 0 saturated carbocycles. The Morgan fingerprint density at radius 3 is 2.58 bits per heavy atom. The molecule has 1 fully saturated rings. The van der Waals surface area contributed by atoms with E-state index in [9.17, 15) is 18.0 Å². The number of fused-ring (bicyclic) bond motifs is 1. The normalized spacial score (nSPS) is 17.4. The molecule has 4 rings (SSSR count). The maximum Gasteiger partial charge on any atom is 0.326 e. The molecule has 1 unspecified atom stereocenters. The Kier molecular flexibility index (Phi) is 8.07. The highest BCUT2D eigenvalue weighted by molar-refractivity contribution is 7.89. The van der Waals surface area contributed by atoms with Crippen molar-refractivity contribution in [1.29, 1.82) is 0 Å². The van der Waals surface area contributed by atoms with Gasteiger partial charge in [0.05, 0.1) is 27.6 Å². The third kappa shape index (κ3) is 5.61. The van der Waals surface area contributed by atoms with Crippen molar-refractivity contribution in [3.05, 3.63) is 58.4 Å². The number of benzene rings is 2. The Morgan fingerprint density at radius 2 is 1.89 bits per heavy atom. The van der Waals surface area contributed by atoms with Gasteiger partial charge in [-0.1, -0.05) is 42.0 Å². The van der Waals surface area contributed by atoms with Crippen LogP contribution in [0.1, 0.15) is 37.8 Å². The number of thiazole rings is 1. The molecule has 10 heteroatoms. The van der Waals surface area contributed by atoms with Gasteiger partial charge in [-0.3, -0.25) is 9.59 Å². The Bertz CT molecular complexity index is 1440. The third-order valence-electron chi connectivity index (χ3n) is 6.35. The fourth-order valence-electron chi connectivity index (χ4n) is 4.32. The summed E-state index contributed by atoms with van der Waals surface area (Å²) in [6, 6.07) is 12.7. The summed E-state index contributed by atoms with van der Waals surface area (Å²) in [7, 11) is -3.70. The first-order chi connectivity index (χ1) is 17.2. The van der Waals surface area contributed by atoms with Gasteiger partial charge in [0.1, 0.15) is 6.54 Å². The van der Waals surface area contributed by atoms with E-state index in [1.54, 1.807) is 35.8 Å². The molecule has 1 aliphatic heterocycles. The molecule has 2 heterocycles. The van der Waals surface area contributed by atoms with Gasteiger partial charge in [-0.2, -0.15) is 9.30 Å². The lowest BCUT2D eigenvalue weighted by atomic mass is 9.99. The first-order valence-electron chi connectivity index (χ1n) is 12.2. The third-order valence-corrected chi connectivity index (χ3v) is 9.27.